The lowest BCUT2D eigenvalue weighted by Gasteiger charge is -2.35. The van der Waals surface area contributed by atoms with Crippen LogP contribution in [-0.2, 0) is 4.79 Å². The van der Waals surface area contributed by atoms with Gasteiger partial charge in [0.1, 0.15) is 6.04 Å². The first kappa shape index (κ1) is 19.4. The summed E-state index contributed by atoms with van der Waals surface area (Å²) in [5.41, 5.74) is 1.81. The van der Waals surface area contributed by atoms with Gasteiger partial charge in [0.2, 0.25) is 5.91 Å². The Kier molecular flexibility index (Phi) is 6.59. The molecule has 1 saturated heterocycles. The van der Waals surface area contributed by atoms with Gasteiger partial charge in [-0.1, -0.05) is 38.5 Å². The van der Waals surface area contributed by atoms with Gasteiger partial charge in [-0.2, -0.15) is 0 Å². The largest absolute Gasteiger partial charge is 0.354 e. The maximum absolute atomic E-state index is 12.6. The van der Waals surface area contributed by atoms with Crippen molar-refractivity contribution < 1.29 is 9.59 Å². The maximum Gasteiger partial charge on any atom is 0.251 e. The van der Waals surface area contributed by atoms with E-state index in [9.17, 15) is 9.59 Å². The Morgan fingerprint density at radius 1 is 1.16 bits per heavy atom. The molecule has 0 aliphatic carbocycles. The molecule has 138 valence electrons. The van der Waals surface area contributed by atoms with Crippen LogP contribution >= 0.6 is 0 Å². The third kappa shape index (κ3) is 5.56. The molecular formula is C20H31N3O2. The van der Waals surface area contributed by atoms with E-state index in [1.54, 1.807) is 12.1 Å². The zero-order valence-corrected chi connectivity index (χ0v) is 15.8. The molecule has 3 N–H and O–H groups in total. The zero-order valence-electron chi connectivity index (χ0n) is 15.8. The SMILES string of the molecule is Cc1ccc(C(=O)NC(C(=O)NCC2(C)CCNCC2)C(C)C)cc1. The summed E-state index contributed by atoms with van der Waals surface area (Å²) in [5, 5.41) is 9.29. The van der Waals surface area contributed by atoms with E-state index in [0.717, 1.165) is 31.5 Å². The molecule has 0 aromatic heterocycles. The van der Waals surface area contributed by atoms with Gasteiger partial charge >= 0.3 is 0 Å². The van der Waals surface area contributed by atoms with E-state index >= 15 is 0 Å². The minimum Gasteiger partial charge on any atom is -0.354 e. The Morgan fingerprint density at radius 2 is 1.76 bits per heavy atom. The van der Waals surface area contributed by atoms with Crippen molar-refractivity contribution in [2.45, 2.75) is 46.6 Å². The average molecular weight is 345 g/mol. The molecule has 0 spiro atoms. The number of carbonyl (C=O) groups excluding carboxylic acids is 2. The molecular weight excluding hydrogens is 314 g/mol. The van der Waals surface area contributed by atoms with Crippen molar-refractivity contribution in [3.05, 3.63) is 35.4 Å². The average Bonchev–Trinajstić information content (AvgIpc) is 2.58. The first-order valence-corrected chi connectivity index (χ1v) is 9.17. The Hall–Kier alpha value is -1.88. The van der Waals surface area contributed by atoms with Crippen LogP contribution in [0.25, 0.3) is 0 Å². The number of carbonyl (C=O) groups is 2. The van der Waals surface area contributed by atoms with Crippen LogP contribution in [0.1, 0.15) is 49.5 Å². The van der Waals surface area contributed by atoms with Gasteiger partial charge in [-0.3, -0.25) is 9.59 Å². The lowest BCUT2D eigenvalue weighted by Crippen LogP contribution is -2.52. The van der Waals surface area contributed by atoms with Gasteiger partial charge in [-0.15, -0.1) is 0 Å². The second-order valence-electron chi connectivity index (χ2n) is 7.84. The predicted octanol–water partition coefficient (Wildman–Crippen LogP) is 2.26. The third-order valence-electron chi connectivity index (χ3n) is 5.05. The fraction of sp³-hybridized carbons (Fsp3) is 0.600. The minimum atomic E-state index is -0.529. The van der Waals surface area contributed by atoms with E-state index in [0.29, 0.717) is 12.1 Å². The Bertz CT molecular complexity index is 589. The highest BCUT2D eigenvalue weighted by Gasteiger charge is 2.30. The molecule has 1 aliphatic heterocycles. The summed E-state index contributed by atoms with van der Waals surface area (Å²) in [6.45, 7) is 10.7. The molecule has 1 fully saturated rings. The highest BCUT2D eigenvalue weighted by Crippen LogP contribution is 2.26. The molecule has 1 aromatic carbocycles. The van der Waals surface area contributed by atoms with Crippen LogP contribution in [0.2, 0.25) is 0 Å². The lowest BCUT2D eigenvalue weighted by molar-refractivity contribution is -0.124. The van der Waals surface area contributed by atoms with Gasteiger partial charge < -0.3 is 16.0 Å². The monoisotopic (exact) mass is 345 g/mol. The molecule has 1 atom stereocenters. The molecule has 25 heavy (non-hydrogen) atoms. The number of piperidine rings is 1. The van der Waals surface area contributed by atoms with Crippen LogP contribution in [0.15, 0.2) is 24.3 Å². The zero-order chi connectivity index (χ0) is 18.4. The summed E-state index contributed by atoms with van der Waals surface area (Å²) in [7, 11) is 0. The second-order valence-corrected chi connectivity index (χ2v) is 7.84. The summed E-state index contributed by atoms with van der Waals surface area (Å²) in [6.07, 6.45) is 2.10. The molecule has 0 saturated carbocycles. The summed E-state index contributed by atoms with van der Waals surface area (Å²) in [6, 6.07) is 6.85. The summed E-state index contributed by atoms with van der Waals surface area (Å²) < 4.78 is 0. The quantitative estimate of drug-likeness (QED) is 0.741. The normalized spacial score (nSPS) is 17.8. The van der Waals surface area contributed by atoms with Crippen molar-refractivity contribution in [1.29, 1.82) is 0 Å². The lowest BCUT2D eigenvalue weighted by atomic mass is 9.81. The van der Waals surface area contributed by atoms with E-state index in [-0.39, 0.29) is 23.1 Å². The number of amides is 2. The van der Waals surface area contributed by atoms with E-state index < -0.39 is 6.04 Å². The van der Waals surface area contributed by atoms with Crippen molar-refractivity contribution in [3.8, 4) is 0 Å². The number of aryl methyl sites for hydroxylation is 1. The van der Waals surface area contributed by atoms with Crippen molar-refractivity contribution >= 4 is 11.8 Å². The van der Waals surface area contributed by atoms with Crippen LogP contribution in [0, 0.1) is 18.3 Å². The smallest absolute Gasteiger partial charge is 0.251 e. The Morgan fingerprint density at radius 3 is 2.32 bits per heavy atom. The molecule has 1 aromatic rings. The highest BCUT2D eigenvalue weighted by molar-refractivity contribution is 5.97. The summed E-state index contributed by atoms with van der Waals surface area (Å²) in [5.74, 6) is -0.285. The molecule has 2 amide bonds. The van der Waals surface area contributed by atoms with E-state index in [4.69, 9.17) is 0 Å². The van der Waals surface area contributed by atoms with Gasteiger partial charge in [0.25, 0.3) is 5.91 Å². The van der Waals surface area contributed by atoms with Gasteiger partial charge in [0, 0.05) is 12.1 Å². The highest BCUT2D eigenvalue weighted by atomic mass is 16.2. The molecule has 1 aliphatic rings. The summed E-state index contributed by atoms with van der Waals surface area (Å²) >= 11 is 0. The standard InChI is InChI=1S/C20H31N3O2/c1-14(2)17(23-18(24)16-7-5-15(3)6-8-16)19(25)22-13-20(4)9-11-21-12-10-20/h5-8,14,17,21H,9-13H2,1-4H3,(H,22,25)(H,23,24). The molecule has 5 heteroatoms. The molecule has 1 heterocycles. The van der Waals surface area contributed by atoms with Crippen LogP contribution in [0.4, 0.5) is 0 Å². The molecule has 1 unspecified atom stereocenters. The van der Waals surface area contributed by atoms with Gasteiger partial charge in [-0.05, 0) is 56.3 Å². The van der Waals surface area contributed by atoms with Crippen molar-refractivity contribution in [2.75, 3.05) is 19.6 Å². The Labute approximate surface area is 151 Å². The topological polar surface area (TPSA) is 70.2 Å². The van der Waals surface area contributed by atoms with Crippen molar-refractivity contribution in [3.63, 3.8) is 0 Å². The van der Waals surface area contributed by atoms with E-state index in [1.807, 2.05) is 32.9 Å². The van der Waals surface area contributed by atoms with E-state index in [2.05, 4.69) is 22.9 Å². The molecule has 0 radical (unpaired) electrons. The molecule has 2 rings (SSSR count). The van der Waals surface area contributed by atoms with Crippen LogP contribution in [0.3, 0.4) is 0 Å². The fourth-order valence-corrected chi connectivity index (χ4v) is 3.08. The van der Waals surface area contributed by atoms with Crippen LogP contribution in [0.5, 0.6) is 0 Å². The van der Waals surface area contributed by atoms with Gasteiger partial charge in [-0.25, -0.2) is 0 Å². The predicted molar refractivity (Wildman–Crippen MR) is 100 cm³/mol. The van der Waals surface area contributed by atoms with Gasteiger partial charge in [0.05, 0.1) is 0 Å². The van der Waals surface area contributed by atoms with Gasteiger partial charge in [0.15, 0.2) is 0 Å². The summed E-state index contributed by atoms with van der Waals surface area (Å²) in [4.78, 5) is 25.1. The Balaban J connectivity index is 1.95. The van der Waals surface area contributed by atoms with Crippen LogP contribution in [-0.4, -0.2) is 37.5 Å². The first-order chi connectivity index (χ1) is 11.8. The minimum absolute atomic E-state index is 0.0234. The number of hydrogen-bond donors (Lipinski definition) is 3. The van der Waals surface area contributed by atoms with Crippen molar-refractivity contribution in [2.24, 2.45) is 11.3 Å². The van der Waals surface area contributed by atoms with Crippen molar-refractivity contribution in [1.82, 2.24) is 16.0 Å². The maximum atomic E-state index is 12.6. The number of rotatable bonds is 6. The second kappa shape index (κ2) is 8.48. The number of benzene rings is 1. The third-order valence-corrected chi connectivity index (χ3v) is 5.05. The van der Waals surface area contributed by atoms with E-state index in [1.165, 1.54) is 0 Å². The number of nitrogens with one attached hydrogen (secondary N) is 3. The first-order valence-electron chi connectivity index (χ1n) is 9.17. The fourth-order valence-electron chi connectivity index (χ4n) is 3.08. The molecule has 0 bridgehead atoms. The number of hydrogen-bond acceptors (Lipinski definition) is 3. The van der Waals surface area contributed by atoms with Crippen LogP contribution < -0.4 is 16.0 Å². The molecule has 5 nitrogen and oxygen atoms in total.